The minimum Gasteiger partial charge on any atom is -0.482 e. The molecule has 0 atom stereocenters. The van der Waals surface area contributed by atoms with Crippen LogP contribution in [0.2, 0.25) is 10.0 Å². The van der Waals surface area contributed by atoms with Gasteiger partial charge in [0.2, 0.25) is 0 Å². The zero-order chi connectivity index (χ0) is 14.5. The standard InChI is InChI=1S/C10H11Cl2NO5S/c11-7-1-2-9(8(12)5-7)18-6-10(14)13-3-4-19(15,16)17/h1-2,5H,3-4,6H2,(H,13,14)(H,15,16,17). The lowest BCUT2D eigenvalue weighted by Crippen LogP contribution is -2.32. The van der Waals surface area contributed by atoms with Gasteiger partial charge in [-0.05, 0) is 18.2 Å². The van der Waals surface area contributed by atoms with Gasteiger partial charge in [-0.25, -0.2) is 0 Å². The van der Waals surface area contributed by atoms with Crippen molar-refractivity contribution >= 4 is 39.2 Å². The summed E-state index contributed by atoms with van der Waals surface area (Å²) in [7, 11) is -4.09. The van der Waals surface area contributed by atoms with Gasteiger partial charge in [-0.2, -0.15) is 8.42 Å². The van der Waals surface area contributed by atoms with Crippen LogP contribution >= 0.6 is 23.2 Å². The van der Waals surface area contributed by atoms with Crippen LogP contribution in [0.4, 0.5) is 0 Å². The summed E-state index contributed by atoms with van der Waals surface area (Å²) in [6.45, 7) is -0.526. The molecule has 1 aromatic carbocycles. The predicted octanol–water partition coefficient (Wildman–Crippen LogP) is 1.38. The highest BCUT2D eigenvalue weighted by molar-refractivity contribution is 7.85. The molecule has 2 N–H and O–H groups in total. The average molecular weight is 328 g/mol. The topological polar surface area (TPSA) is 92.7 Å². The summed E-state index contributed by atoms with van der Waals surface area (Å²) < 4.78 is 34.4. The predicted molar refractivity (Wildman–Crippen MR) is 71.4 cm³/mol. The van der Waals surface area contributed by atoms with Crippen LogP contribution < -0.4 is 10.1 Å². The van der Waals surface area contributed by atoms with E-state index in [0.29, 0.717) is 5.02 Å². The van der Waals surface area contributed by atoms with Gasteiger partial charge >= 0.3 is 0 Å². The molecule has 0 bridgehead atoms. The Morgan fingerprint density at radius 3 is 2.63 bits per heavy atom. The lowest BCUT2D eigenvalue weighted by molar-refractivity contribution is -0.122. The number of amides is 1. The molecular formula is C10H11Cl2NO5S. The summed E-state index contributed by atoms with van der Waals surface area (Å²) >= 11 is 11.5. The number of ether oxygens (including phenoxy) is 1. The van der Waals surface area contributed by atoms with Gasteiger partial charge < -0.3 is 10.1 Å². The van der Waals surface area contributed by atoms with Crippen molar-refractivity contribution in [2.45, 2.75) is 0 Å². The molecule has 0 aliphatic rings. The summed E-state index contributed by atoms with van der Waals surface area (Å²) in [4.78, 5) is 11.3. The van der Waals surface area contributed by atoms with Crippen LogP contribution in [0.25, 0.3) is 0 Å². The van der Waals surface area contributed by atoms with Gasteiger partial charge in [0.15, 0.2) is 6.61 Å². The lowest BCUT2D eigenvalue weighted by Gasteiger charge is -2.08. The van der Waals surface area contributed by atoms with Crippen LogP contribution in [-0.2, 0) is 14.9 Å². The monoisotopic (exact) mass is 327 g/mol. The van der Waals surface area contributed by atoms with Crippen LogP contribution in [0.5, 0.6) is 5.75 Å². The van der Waals surface area contributed by atoms with Crippen molar-refractivity contribution in [1.29, 1.82) is 0 Å². The largest absolute Gasteiger partial charge is 0.482 e. The molecule has 106 valence electrons. The van der Waals surface area contributed by atoms with E-state index in [2.05, 4.69) is 5.32 Å². The maximum atomic E-state index is 11.3. The Hall–Kier alpha value is -1.02. The average Bonchev–Trinajstić information content (AvgIpc) is 2.26. The van der Waals surface area contributed by atoms with Gasteiger partial charge in [-0.15, -0.1) is 0 Å². The second-order valence-electron chi connectivity index (χ2n) is 3.50. The molecule has 0 saturated carbocycles. The number of hydrogen-bond donors (Lipinski definition) is 2. The Morgan fingerprint density at radius 2 is 2.05 bits per heavy atom. The number of carbonyl (C=O) groups is 1. The molecule has 19 heavy (non-hydrogen) atoms. The molecule has 0 aliphatic heterocycles. The Labute approximate surface area is 120 Å². The smallest absolute Gasteiger partial charge is 0.266 e. The van der Waals surface area contributed by atoms with Crippen molar-refractivity contribution in [2.75, 3.05) is 18.9 Å². The second kappa shape index (κ2) is 6.95. The summed E-state index contributed by atoms with van der Waals surface area (Å²) in [5, 5.41) is 2.97. The molecule has 1 aromatic rings. The molecule has 0 aromatic heterocycles. The number of rotatable bonds is 6. The highest BCUT2D eigenvalue weighted by atomic mass is 35.5. The maximum Gasteiger partial charge on any atom is 0.266 e. The normalized spacial score (nSPS) is 11.1. The van der Waals surface area contributed by atoms with Crippen molar-refractivity contribution in [3.05, 3.63) is 28.2 Å². The molecule has 1 rings (SSSR count). The number of hydrogen-bond acceptors (Lipinski definition) is 4. The van der Waals surface area contributed by atoms with Crippen molar-refractivity contribution in [1.82, 2.24) is 5.32 Å². The van der Waals surface area contributed by atoms with Gasteiger partial charge in [0, 0.05) is 11.6 Å². The van der Waals surface area contributed by atoms with Crippen molar-refractivity contribution in [3.8, 4) is 5.75 Å². The first-order valence-electron chi connectivity index (χ1n) is 5.07. The van der Waals surface area contributed by atoms with Crippen molar-refractivity contribution < 1.29 is 22.5 Å². The third-order valence-electron chi connectivity index (χ3n) is 1.93. The van der Waals surface area contributed by atoms with Crippen molar-refractivity contribution in [2.24, 2.45) is 0 Å². The quantitative estimate of drug-likeness (QED) is 0.770. The van der Waals surface area contributed by atoms with Crippen LogP contribution in [0.15, 0.2) is 18.2 Å². The molecule has 0 unspecified atom stereocenters. The molecule has 0 radical (unpaired) electrons. The highest BCUT2D eigenvalue weighted by Gasteiger charge is 2.08. The number of nitrogens with one attached hydrogen (secondary N) is 1. The third-order valence-corrected chi connectivity index (χ3v) is 3.19. The van der Waals surface area contributed by atoms with E-state index in [9.17, 15) is 13.2 Å². The van der Waals surface area contributed by atoms with E-state index in [4.69, 9.17) is 32.5 Å². The van der Waals surface area contributed by atoms with Gasteiger partial charge in [-0.1, -0.05) is 23.2 Å². The maximum absolute atomic E-state index is 11.3. The Kier molecular flexibility index (Phi) is 5.86. The number of halogens is 2. The molecule has 0 spiro atoms. The number of carbonyl (C=O) groups excluding carboxylic acids is 1. The van der Waals surface area contributed by atoms with E-state index in [1.54, 1.807) is 6.07 Å². The lowest BCUT2D eigenvalue weighted by atomic mass is 10.3. The Bertz CT molecular complexity index is 561. The summed E-state index contributed by atoms with van der Waals surface area (Å²) in [6.07, 6.45) is 0. The summed E-state index contributed by atoms with van der Waals surface area (Å²) in [5.41, 5.74) is 0. The molecule has 0 saturated heterocycles. The fraction of sp³-hybridized carbons (Fsp3) is 0.300. The van der Waals surface area contributed by atoms with Crippen LogP contribution in [-0.4, -0.2) is 37.8 Å². The molecule has 9 heteroatoms. The molecule has 0 aliphatic carbocycles. The van der Waals surface area contributed by atoms with E-state index < -0.39 is 21.8 Å². The fourth-order valence-electron chi connectivity index (χ4n) is 1.11. The summed E-state index contributed by atoms with van der Waals surface area (Å²) in [5.74, 6) is -0.800. The Balaban J connectivity index is 2.38. The molecule has 1 amide bonds. The number of benzene rings is 1. The van der Waals surface area contributed by atoms with Gasteiger partial charge in [0.25, 0.3) is 16.0 Å². The third kappa shape index (κ3) is 6.63. The van der Waals surface area contributed by atoms with Crippen LogP contribution in [0, 0.1) is 0 Å². The second-order valence-corrected chi connectivity index (χ2v) is 5.92. The first kappa shape index (κ1) is 16.0. The highest BCUT2D eigenvalue weighted by Crippen LogP contribution is 2.27. The zero-order valence-corrected chi connectivity index (χ0v) is 11.9. The first-order chi connectivity index (χ1) is 8.78. The molecule has 0 heterocycles. The minimum absolute atomic E-state index is 0.199. The van der Waals surface area contributed by atoms with Gasteiger partial charge in [-0.3, -0.25) is 9.35 Å². The minimum atomic E-state index is -4.09. The summed E-state index contributed by atoms with van der Waals surface area (Å²) in [6, 6.07) is 4.53. The zero-order valence-electron chi connectivity index (χ0n) is 9.60. The molecular weight excluding hydrogens is 317 g/mol. The molecule has 6 nitrogen and oxygen atoms in total. The first-order valence-corrected chi connectivity index (χ1v) is 7.44. The van der Waals surface area contributed by atoms with Gasteiger partial charge in [0.1, 0.15) is 5.75 Å². The van der Waals surface area contributed by atoms with E-state index in [1.807, 2.05) is 0 Å². The fourth-order valence-corrected chi connectivity index (χ4v) is 1.93. The van der Waals surface area contributed by atoms with E-state index >= 15 is 0 Å². The van der Waals surface area contributed by atoms with E-state index in [0.717, 1.165) is 0 Å². The van der Waals surface area contributed by atoms with Crippen molar-refractivity contribution in [3.63, 3.8) is 0 Å². The SMILES string of the molecule is O=C(COc1ccc(Cl)cc1Cl)NCCS(=O)(=O)O. The molecule has 0 fully saturated rings. The van der Waals surface area contributed by atoms with E-state index in [-0.39, 0.29) is 23.9 Å². The Morgan fingerprint density at radius 1 is 1.37 bits per heavy atom. The van der Waals surface area contributed by atoms with Crippen LogP contribution in [0.3, 0.4) is 0 Å². The van der Waals surface area contributed by atoms with Gasteiger partial charge in [0.05, 0.1) is 10.8 Å². The van der Waals surface area contributed by atoms with Crippen LogP contribution in [0.1, 0.15) is 0 Å². The van der Waals surface area contributed by atoms with E-state index in [1.165, 1.54) is 12.1 Å².